The molecule has 23 heavy (non-hydrogen) atoms. The molecule has 0 aliphatic carbocycles. The number of carbonyl (C=O) groups excluding carboxylic acids is 2. The van der Waals surface area contributed by atoms with Gasteiger partial charge in [0.25, 0.3) is 5.91 Å². The Bertz CT molecular complexity index is 762. The summed E-state index contributed by atoms with van der Waals surface area (Å²) in [4.78, 5) is 22.5. The molecule has 0 fully saturated rings. The van der Waals surface area contributed by atoms with Crippen LogP contribution >= 0.6 is 0 Å². The Morgan fingerprint density at radius 2 is 1.91 bits per heavy atom. The molecule has 0 aliphatic heterocycles. The zero-order valence-corrected chi connectivity index (χ0v) is 12.1. The SMILES string of the molecule is COC(=O)c1cccc(COc2ccc(F)c(C(N)=O)c2F)c1. The molecule has 0 heterocycles. The predicted molar refractivity (Wildman–Crippen MR) is 77.0 cm³/mol. The van der Waals surface area contributed by atoms with Gasteiger partial charge in [-0.1, -0.05) is 12.1 Å². The van der Waals surface area contributed by atoms with Gasteiger partial charge in [0.2, 0.25) is 0 Å². The Balaban J connectivity index is 2.20. The highest BCUT2D eigenvalue weighted by Gasteiger charge is 2.19. The predicted octanol–water partition coefficient (Wildman–Crippen LogP) is 2.43. The van der Waals surface area contributed by atoms with E-state index in [-0.39, 0.29) is 12.4 Å². The zero-order chi connectivity index (χ0) is 17.0. The Labute approximate surface area is 130 Å². The van der Waals surface area contributed by atoms with Crippen LogP contribution in [0.4, 0.5) is 8.78 Å². The molecule has 7 heteroatoms. The fraction of sp³-hybridized carbons (Fsp3) is 0.125. The molecular formula is C16H13F2NO4. The second-order valence-corrected chi connectivity index (χ2v) is 4.58. The van der Waals surface area contributed by atoms with E-state index in [0.29, 0.717) is 11.1 Å². The summed E-state index contributed by atoms with van der Waals surface area (Å²) in [5, 5.41) is 0. The lowest BCUT2D eigenvalue weighted by Gasteiger charge is -2.10. The third-order valence-corrected chi connectivity index (χ3v) is 3.04. The van der Waals surface area contributed by atoms with Gasteiger partial charge in [-0.05, 0) is 29.8 Å². The maximum absolute atomic E-state index is 14.0. The topological polar surface area (TPSA) is 78.6 Å². The number of primary amides is 1. The number of rotatable bonds is 5. The van der Waals surface area contributed by atoms with Gasteiger partial charge in [0, 0.05) is 0 Å². The van der Waals surface area contributed by atoms with Crippen molar-refractivity contribution in [3.05, 3.63) is 64.7 Å². The Kier molecular flexibility index (Phi) is 4.90. The first kappa shape index (κ1) is 16.4. The molecule has 2 aromatic rings. The van der Waals surface area contributed by atoms with Crippen molar-refractivity contribution in [3.8, 4) is 5.75 Å². The number of methoxy groups -OCH3 is 1. The highest BCUT2D eigenvalue weighted by atomic mass is 19.1. The second kappa shape index (κ2) is 6.87. The second-order valence-electron chi connectivity index (χ2n) is 4.58. The van der Waals surface area contributed by atoms with Crippen molar-refractivity contribution in [3.63, 3.8) is 0 Å². The Morgan fingerprint density at radius 1 is 1.17 bits per heavy atom. The smallest absolute Gasteiger partial charge is 0.337 e. The summed E-state index contributed by atoms with van der Waals surface area (Å²) in [5.74, 6) is -4.28. The molecule has 120 valence electrons. The largest absolute Gasteiger partial charge is 0.486 e. The molecule has 0 saturated carbocycles. The third-order valence-electron chi connectivity index (χ3n) is 3.04. The van der Waals surface area contributed by atoms with Gasteiger partial charge in [-0.2, -0.15) is 0 Å². The van der Waals surface area contributed by atoms with Gasteiger partial charge in [-0.25, -0.2) is 13.6 Å². The number of esters is 1. The normalized spacial score (nSPS) is 10.2. The van der Waals surface area contributed by atoms with Crippen molar-refractivity contribution in [2.45, 2.75) is 6.61 Å². The van der Waals surface area contributed by atoms with Crippen molar-refractivity contribution >= 4 is 11.9 Å². The first-order valence-corrected chi connectivity index (χ1v) is 6.52. The molecule has 1 amide bonds. The summed E-state index contributed by atoms with van der Waals surface area (Å²) in [6, 6.07) is 8.29. The molecule has 2 rings (SSSR count). The number of carbonyl (C=O) groups is 2. The fourth-order valence-electron chi connectivity index (χ4n) is 1.94. The summed E-state index contributed by atoms with van der Waals surface area (Å²) in [6.07, 6.45) is 0. The van der Waals surface area contributed by atoms with Crippen molar-refractivity contribution < 1.29 is 27.8 Å². The van der Waals surface area contributed by atoms with Crippen LogP contribution in [0.3, 0.4) is 0 Å². The summed E-state index contributed by atoms with van der Waals surface area (Å²) in [6.45, 7) is -0.0917. The molecule has 0 aliphatic rings. The minimum absolute atomic E-state index is 0.0917. The van der Waals surface area contributed by atoms with E-state index in [9.17, 15) is 18.4 Å². The summed E-state index contributed by atoms with van der Waals surface area (Å²) in [5.41, 5.74) is 4.96. The number of ether oxygens (including phenoxy) is 2. The van der Waals surface area contributed by atoms with E-state index < -0.39 is 29.1 Å². The number of halogens is 2. The molecule has 5 nitrogen and oxygen atoms in total. The van der Waals surface area contributed by atoms with Gasteiger partial charge in [-0.3, -0.25) is 4.79 Å². The van der Waals surface area contributed by atoms with Crippen molar-refractivity contribution in [2.75, 3.05) is 7.11 Å². The van der Waals surface area contributed by atoms with E-state index in [1.807, 2.05) is 0 Å². The summed E-state index contributed by atoms with van der Waals surface area (Å²) >= 11 is 0. The van der Waals surface area contributed by atoms with Crippen LogP contribution in [-0.2, 0) is 11.3 Å². The van der Waals surface area contributed by atoms with Crippen LogP contribution < -0.4 is 10.5 Å². The van der Waals surface area contributed by atoms with Gasteiger partial charge >= 0.3 is 5.97 Å². The maximum atomic E-state index is 14.0. The van der Waals surface area contributed by atoms with Gasteiger partial charge in [0.05, 0.1) is 12.7 Å². The first-order chi connectivity index (χ1) is 10.9. The van der Waals surface area contributed by atoms with E-state index in [4.69, 9.17) is 10.5 Å². The minimum Gasteiger partial charge on any atom is -0.486 e. The Hall–Kier alpha value is -2.96. The monoisotopic (exact) mass is 321 g/mol. The van der Waals surface area contributed by atoms with E-state index >= 15 is 0 Å². The molecule has 0 saturated heterocycles. The van der Waals surface area contributed by atoms with Crippen LogP contribution in [0.25, 0.3) is 0 Å². The number of hydrogen-bond donors (Lipinski definition) is 1. The van der Waals surface area contributed by atoms with Crippen molar-refractivity contribution in [1.29, 1.82) is 0 Å². The van der Waals surface area contributed by atoms with Gasteiger partial charge in [-0.15, -0.1) is 0 Å². The van der Waals surface area contributed by atoms with E-state index in [0.717, 1.165) is 12.1 Å². The average Bonchev–Trinajstić information content (AvgIpc) is 2.53. The van der Waals surface area contributed by atoms with Crippen LogP contribution in [0.15, 0.2) is 36.4 Å². The third kappa shape index (κ3) is 3.63. The minimum atomic E-state index is -1.22. The lowest BCUT2D eigenvalue weighted by Crippen LogP contribution is -2.16. The van der Waals surface area contributed by atoms with Crippen molar-refractivity contribution in [2.24, 2.45) is 5.73 Å². The van der Waals surface area contributed by atoms with Crippen LogP contribution in [0.2, 0.25) is 0 Å². The van der Waals surface area contributed by atoms with Gasteiger partial charge in [0.15, 0.2) is 11.6 Å². The molecule has 0 unspecified atom stereocenters. The number of benzene rings is 2. The summed E-state index contributed by atoms with van der Waals surface area (Å²) in [7, 11) is 1.25. The lowest BCUT2D eigenvalue weighted by molar-refractivity contribution is 0.0600. The van der Waals surface area contributed by atoms with E-state index in [2.05, 4.69) is 4.74 Å². The number of hydrogen-bond acceptors (Lipinski definition) is 4. The number of nitrogens with two attached hydrogens (primary N) is 1. The molecule has 2 aromatic carbocycles. The highest BCUT2D eigenvalue weighted by Crippen LogP contribution is 2.24. The van der Waals surface area contributed by atoms with Crippen LogP contribution in [0.5, 0.6) is 5.75 Å². The van der Waals surface area contributed by atoms with Gasteiger partial charge < -0.3 is 15.2 Å². The van der Waals surface area contributed by atoms with Crippen LogP contribution in [0, 0.1) is 11.6 Å². The molecule has 0 radical (unpaired) electrons. The molecule has 0 aromatic heterocycles. The van der Waals surface area contributed by atoms with Gasteiger partial charge in [0.1, 0.15) is 18.0 Å². The van der Waals surface area contributed by atoms with E-state index in [1.165, 1.54) is 13.2 Å². The average molecular weight is 321 g/mol. The molecule has 2 N–H and O–H groups in total. The first-order valence-electron chi connectivity index (χ1n) is 6.52. The molecular weight excluding hydrogens is 308 g/mol. The highest BCUT2D eigenvalue weighted by molar-refractivity contribution is 5.93. The van der Waals surface area contributed by atoms with Crippen molar-refractivity contribution in [1.82, 2.24) is 0 Å². The standard InChI is InChI=1S/C16H13F2NO4/c1-22-16(21)10-4-2-3-9(7-10)8-23-12-6-5-11(17)13(14(12)18)15(19)20/h2-7H,8H2,1H3,(H2,19,20). The molecule has 0 bridgehead atoms. The Morgan fingerprint density at radius 3 is 2.57 bits per heavy atom. The zero-order valence-electron chi connectivity index (χ0n) is 12.1. The maximum Gasteiger partial charge on any atom is 0.337 e. The molecule has 0 atom stereocenters. The summed E-state index contributed by atoms with van der Waals surface area (Å²) < 4.78 is 37.2. The lowest BCUT2D eigenvalue weighted by atomic mass is 10.1. The number of amides is 1. The molecule has 0 spiro atoms. The van der Waals surface area contributed by atoms with Crippen LogP contribution in [-0.4, -0.2) is 19.0 Å². The van der Waals surface area contributed by atoms with E-state index in [1.54, 1.807) is 18.2 Å². The fourth-order valence-corrected chi connectivity index (χ4v) is 1.94. The quantitative estimate of drug-likeness (QED) is 0.858. The van der Waals surface area contributed by atoms with Crippen LogP contribution in [0.1, 0.15) is 26.3 Å².